The highest BCUT2D eigenvalue weighted by Gasteiger charge is 2.29. The predicted octanol–water partition coefficient (Wildman–Crippen LogP) is 5.06. The van der Waals surface area contributed by atoms with E-state index in [1.165, 1.54) is 0 Å². The number of carbonyl (C=O) groups excluding carboxylic acids is 1. The summed E-state index contributed by atoms with van der Waals surface area (Å²) in [5.41, 5.74) is 8.70. The highest BCUT2D eigenvalue weighted by atomic mass is 35.5. The van der Waals surface area contributed by atoms with Crippen LogP contribution >= 0.6 is 24.0 Å². The topological polar surface area (TPSA) is 109 Å². The lowest BCUT2D eigenvalue weighted by molar-refractivity contribution is -0.126. The number of rotatable bonds is 5. The van der Waals surface area contributed by atoms with Gasteiger partial charge in [-0.25, -0.2) is 9.97 Å². The third-order valence-corrected chi connectivity index (χ3v) is 7.36. The number of aromatic nitrogens is 3. The Balaban J connectivity index is 0.00000274. The maximum Gasteiger partial charge on any atom is 0.223 e. The molecule has 7 nitrogen and oxygen atoms in total. The van der Waals surface area contributed by atoms with Crippen molar-refractivity contribution in [3.8, 4) is 11.3 Å². The molecule has 5 N–H and O–H groups in total. The fourth-order valence-electron chi connectivity index (χ4n) is 5.23. The zero-order chi connectivity index (χ0) is 22.8. The molecule has 0 bridgehead atoms. The van der Waals surface area contributed by atoms with E-state index in [9.17, 15) is 4.79 Å². The van der Waals surface area contributed by atoms with Crippen molar-refractivity contribution in [2.45, 2.75) is 69.5 Å². The van der Waals surface area contributed by atoms with Crippen LogP contribution in [0.2, 0.25) is 5.02 Å². The molecule has 1 amide bonds. The van der Waals surface area contributed by atoms with Crippen LogP contribution in [0.4, 0.5) is 5.95 Å². The number of fused-ring (bicyclic) bond motifs is 1. The lowest BCUT2D eigenvalue weighted by atomic mass is 9.85. The molecule has 0 spiro atoms. The predicted molar refractivity (Wildman–Crippen MR) is 139 cm³/mol. The van der Waals surface area contributed by atoms with Crippen LogP contribution in [0.3, 0.4) is 0 Å². The van der Waals surface area contributed by atoms with E-state index in [2.05, 4.69) is 26.7 Å². The molecular weight excluding hydrogens is 471 g/mol. The molecule has 2 aliphatic rings. The van der Waals surface area contributed by atoms with Crippen molar-refractivity contribution in [2.75, 3.05) is 5.32 Å². The highest BCUT2D eigenvalue weighted by Crippen LogP contribution is 2.33. The molecule has 34 heavy (non-hydrogen) atoms. The number of anilines is 1. The summed E-state index contributed by atoms with van der Waals surface area (Å²) in [6, 6.07) is 8.74. The molecule has 2 saturated carbocycles. The third-order valence-electron chi connectivity index (χ3n) is 7.08. The van der Waals surface area contributed by atoms with Gasteiger partial charge in [0.2, 0.25) is 11.9 Å². The second-order valence-electron chi connectivity index (χ2n) is 9.46. The molecular formula is C25H32Cl2N6O. The first-order valence-corrected chi connectivity index (χ1v) is 12.4. The molecule has 2 heterocycles. The molecule has 0 saturated heterocycles. The number of amides is 1. The van der Waals surface area contributed by atoms with Crippen LogP contribution in [0.25, 0.3) is 22.2 Å². The summed E-state index contributed by atoms with van der Waals surface area (Å²) in [5.74, 6) is 0.867. The smallest absolute Gasteiger partial charge is 0.223 e. The number of para-hydroxylation sites is 1. The Morgan fingerprint density at radius 3 is 2.68 bits per heavy atom. The Kier molecular flexibility index (Phi) is 7.96. The van der Waals surface area contributed by atoms with Crippen molar-refractivity contribution >= 4 is 46.8 Å². The standard InChI is InChI=1S/C25H31ClN6O.ClH/c26-21-14-29-25(32-23(21)20-13-28-22-7-2-1-6-19(20)22)31-18-5-3-4-17(12-18)30-24(33)15-8-10-16(27)11-9-15;/h1-2,6-7,13-18,28H,3-5,8-12,27H2,(H,30,33)(H,29,31,32);1H/t15?,16?,17-,18+;/m0./s1. The van der Waals surface area contributed by atoms with Crippen molar-refractivity contribution in [3.63, 3.8) is 0 Å². The molecule has 2 fully saturated rings. The summed E-state index contributed by atoms with van der Waals surface area (Å²) in [4.78, 5) is 25.2. The Labute approximate surface area is 211 Å². The summed E-state index contributed by atoms with van der Waals surface area (Å²) in [7, 11) is 0. The van der Waals surface area contributed by atoms with Crippen molar-refractivity contribution in [2.24, 2.45) is 11.7 Å². The summed E-state index contributed by atoms with van der Waals surface area (Å²) in [6.45, 7) is 0. The van der Waals surface area contributed by atoms with Crippen LogP contribution in [-0.4, -0.2) is 39.0 Å². The number of nitrogens with zero attached hydrogens (tertiary/aromatic N) is 2. The summed E-state index contributed by atoms with van der Waals surface area (Å²) in [5, 5.41) is 8.38. The molecule has 182 valence electrons. The van der Waals surface area contributed by atoms with E-state index in [0.717, 1.165) is 67.8 Å². The van der Waals surface area contributed by atoms with E-state index in [4.69, 9.17) is 22.3 Å². The Morgan fingerprint density at radius 2 is 1.85 bits per heavy atom. The summed E-state index contributed by atoms with van der Waals surface area (Å²) < 4.78 is 0. The minimum Gasteiger partial charge on any atom is -0.360 e. The summed E-state index contributed by atoms with van der Waals surface area (Å²) >= 11 is 6.47. The van der Waals surface area contributed by atoms with Crippen molar-refractivity contribution in [1.29, 1.82) is 0 Å². The number of benzene rings is 1. The van der Waals surface area contributed by atoms with E-state index >= 15 is 0 Å². The second kappa shape index (κ2) is 10.9. The van der Waals surface area contributed by atoms with Gasteiger partial charge >= 0.3 is 0 Å². The van der Waals surface area contributed by atoms with Crippen LogP contribution in [0.1, 0.15) is 51.4 Å². The Morgan fingerprint density at radius 1 is 1.09 bits per heavy atom. The maximum absolute atomic E-state index is 12.7. The van der Waals surface area contributed by atoms with Gasteiger partial charge in [0.25, 0.3) is 0 Å². The number of nitrogens with one attached hydrogen (secondary N) is 3. The van der Waals surface area contributed by atoms with Crippen LogP contribution in [0, 0.1) is 5.92 Å². The average molecular weight is 503 g/mol. The van der Waals surface area contributed by atoms with Gasteiger partial charge in [0.15, 0.2) is 0 Å². The van der Waals surface area contributed by atoms with E-state index in [1.807, 2.05) is 24.4 Å². The number of H-pyrrole nitrogens is 1. The molecule has 2 aromatic heterocycles. The van der Waals surface area contributed by atoms with Gasteiger partial charge in [0.05, 0.1) is 16.9 Å². The van der Waals surface area contributed by atoms with Crippen LogP contribution < -0.4 is 16.4 Å². The fourth-order valence-corrected chi connectivity index (χ4v) is 5.42. The highest BCUT2D eigenvalue weighted by molar-refractivity contribution is 6.33. The molecule has 5 rings (SSSR count). The Hall–Kier alpha value is -2.35. The van der Waals surface area contributed by atoms with Crippen LogP contribution in [0.15, 0.2) is 36.7 Å². The van der Waals surface area contributed by atoms with Gasteiger partial charge in [-0.2, -0.15) is 0 Å². The third kappa shape index (κ3) is 5.48. The molecule has 0 radical (unpaired) electrons. The van der Waals surface area contributed by atoms with Gasteiger partial charge in [-0.3, -0.25) is 4.79 Å². The first-order chi connectivity index (χ1) is 16.1. The number of halogens is 2. The van der Waals surface area contributed by atoms with Gasteiger partial charge in [-0.15, -0.1) is 12.4 Å². The first kappa shape index (κ1) is 24.8. The number of aromatic amines is 1. The SMILES string of the molecule is Cl.NC1CCC(C(=O)N[C@H]2CCC[C@@H](Nc3ncc(Cl)c(-c4c[nH]c5ccccc45)n3)C2)CC1. The molecule has 3 aromatic rings. The van der Waals surface area contributed by atoms with Crippen molar-refractivity contribution in [1.82, 2.24) is 20.3 Å². The lowest BCUT2D eigenvalue weighted by Gasteiger charge is -2.32. The van der Waals surface area contributed by atoms with E-state index in [1.54, 1.807) is 6.20 Å². The fraction of sp³-hybridized carbons (Fsp3) is 0.480. The molecule has 9 heteroatoms. The quantitative estimate of drug-likeness (QED) is 0.389. The second-order valence-corrected chi connectivity index (χ2v) is 9.87. The lowest BCUT2D eigenvalue weighted by Crippen LogP contribution is -2.45. The normalized spacial score (nSPS) is 24.9. The number of nitrogens with two attached hydrogens (primary N) is 1. The van der Waals surface area contributed by atoms with Gasteiger partial charge in [-0.1, -0.05) is 29.8 Å². The van der Waals surface area contributed by atoms with Crippen molar-refractivity contribution in [3.05, 3.63) is 41.7 Å². The zero-order valence-corrected chi connectivity index (χ0v) is 20.7. The first-order valence-electron chi connectivity index (χ1n) is 12.0. The van der Waals surface area contributed by atoms with E-state index < -0.39 is 0 Å². The summed E-state index contributed by atoms with van der Waals surface area (Å²) in [6.07, 6.45) is 11.2. The van der Waals surface area contributed by atoms with Gasteiger partial charge in [0, 0.05) is 46.7 Å². The van der Waals surface area contributed by atoms with E-state index in [0.29, 0.717) is 16.7 Å². The van der Waals surface area contributed by atoms with Gasteiger partial charge < -0.3 is 21.4 Å². The molecule has 2 aliphatic carbocycles. The monoisotopic (exact) mass is 502 g/mol. The molecule has 2 atom stereocenters. The van der Waals surface area contributed by atoms with E-state index in [-0.39, 0.29) is 42.4 Å². The van der Waals surface area contributed by atoms with Gasteiger partial charge in [-0.05, 0) is 57.4 Å². The zero-order valence-electron chi connectivity index (χ0n) is 19.1. The molecule has 0 unspecified atom stereocenters. The maximum atomic E-state index is 12.7. The number of hydrogen-bond donors (Lipinski definition) is 4. The largest absolute Gasteiger partial charge is 0.360 e. The van der Waals surface area contributed by atoms with Crippen molar-refractivity contribution < 1.29 is 4.79 Å². The van der Waals surface area contributed by atoms with Crippen LogP contribution in [0.5, 0.6) is 0 Å². The minimum atomic E-state index is 0. The Bertz CT molecular complexity index is 1130. The minimum absolute atomic E-state index is 0. The number of hydrogen-bond acceptors (Lipinski definition) is 5. The average Bonchev–Trinajstić information content (AvgIpc) is 3.25. The molecule has 1 aromatic carbocycles. The molecule has 0 aliphatic heterocycles. The van der Waals surface area contributed by atoms with Gasteiger partial charge in [0.1, 0.15) is 0 Å². The van der Waals surface area contributed by atoms with Crippen LogP contribution in [-0.2, 0) is 4.79 Å². The number of carbonyl (C=O) groups is 1.